The van der Waals surface area contributed by atoms with Gasteiger partial charge in [0.2, 0.25) is 5.91 Å². The number of rotatable bonds is 6. The Bertz CT molecular complexity index is 890. The van der Waals surface area contributed by atoms with Crippen molar-refractivity contribution in [3.05, 3.63) is 53.7 Å². The molecule has 1 aliphatic heterocycles. The summed E-state index contributed by atoms with van der Waals surface area (Å²) in [6, 6.07) is 8.27. The molecule has 11 heteroatoms. The zero-order valence-corrected chi connectivity index (χ0v) is 16.8. The molecule has 174 valence electrons. The smallest absolute Gasteiger partial charge is 0.422 e. The second-order valence-electron chi connectivity index (χ2n) is 7.43. The van der Waals surface area contributed by atoms with Crippen LogP contribution in [0.5, 0.6) is 5.75 Å². The Labute approximate surface area is 180 Å². The molecule has 0 bridgehead atoms. The van der Waals surface area contributed by atoms with Crippen LogP contribution in [-0.2, 0) is 17.5 Å². The Morgan fingerprint density at radius 3 is 2.22 bits per heavy atom. The summed E-state index contributed by atoms with van der Waals surface area (Å²) in [6.07, 6.45) is -7.00. The molecule has 1 fully saturated rings. The van der Waals surface area contributed by atoms with E-state index in [1.165, 1.54) is 18.2 Å². The van der Waals surface area contributed by atoms with Gasteiger partial charge in [0.25, 0.3) is 0 Å². The molecule has 1 aromatic carbocycles. The summed E-state index contributed by atoms with van der Waals surface area (Å²) < 4.78 is 79.1. The van der Waals surface area contributed by atoms with Crippen molar-refractivity contribution in [2.75, 3.05) is 24.6 Å². The van der Waals surface area contributed by atoms with E-state index >= 15 is 0 Å². The molecule has 0 atom stereocenters. The molecule has 32 heavy (non-hydrogen) atoms. The molecule has 0 radical (unpaired) electrons. The predicted molar refractivity (Wildman–Crippen MR) is 104 cm³/mol. The number of pyridine rings is 1. The molecule has 1 aliphatic rings. The first-order chi connectivity index (χ1) is 15.0. The molecular weight excluding hydrogens is 440 g/mol. The summed E-state index contributed by atoms with van der Waals surface area (Å²) in [5, 5.41) is 2.80. The quantitative estimate of drug-likeness (QED) is 0.641. The van der Waals surface area contributed by atoms with E-state index in [1.54, 1.807) is 12.1 Å². The lowest BCUT2D eigenvalue weighted by Gasteiger charge is -2.32. The van der Waals surface area contributed by atoms with Crippen molar-refractivity contribution >= 4 is 11.7 Å². The fraction of sp³-hybridized carbons (Fsp3) is 0.429. The van der Waals surface area contributed by atoms with Gasteiger partial charge >= 0.3 is 12.4 Å². The molecule has 2 aromatic rings. The Morgan fingerprint density at radius 2 is 1.69 bits per heavy atom. The van der Waals surface area contributed by atoms with Crippen molar-refractivity contribution in [1.82, 2.24) is 10.3 Å². The van der Waals surface area contributed by atoms with Crippen molar-refractivity contribution in [2.24, 2.45) is 5.92 Å². The zero-order chi connectivity index (χ0) is 23.4. The van der Waals surface area contributed by atoms with Gasteiger partial charge in [-0.15, -0.1) is 0 Å². The minimum atomic E-state index is -4.44. The second kappa shape index (κ2) is 9.66. The third kappa shape index (κ3) is 6.76. The predicted octanol–water partition coefficient (Wildman–Crippen LogP) is 4.57. The first-order valence-electron chi connectivity index (χ1n) is 9.86. The summed E-state index contributed by atoms with van der Waals surface area (Å²) >= 11 is 0. The van der Waals surface area contributed by atoms with E-state index in [2.05, 4.69) is 15.0 Å². The molecule has 1 amide bonds. The van der Waals surface area contributed by atoms with E-state index in [-0.39, 0.29) is 24.1 Å². The number of amides is 1. The lowest BCUT2D eigenvalue weighted by molar-refractivity contribution is -0.153. The summed E-state index contributed by atoms with van der Waals surface area (Å²) in [5.74, 6) is 0.129. The Kier molecular flexibility index (Phi) is 7.15. The third-order valence-corrected chi connectivity index (χ3v) is 5.06. The topological polar surface area (TPSA) is 54.5 Å². The van der Waals surface area contributed by atoms with E-state index in [0.29, 0.717) is 37.3 Å². The standard InChI is InChI=1S/C21H21F6N3O2/c22-20(23,24)13-32-17-4-1-14(2-5-17)11-29-19(31)15-7-9-30(10-8-15)18-6-3-16(12-28-18)21(25,26)27/h1-6,12,15H,7-11,13H2,(H,29,31). The molecule has 0 aliphatic carbocycles. The summed E-state index contributed by atoms with van der Waals surface area (Å²) in [6.45, 7) is -0.174. The molecular formula is C21H21F6N3O2. The molecule has 3 rings (SSSR count). The van der Waals surface area contributed by atoms with Crippen molar-refractivity contribution < 1.29 is 35.9 Å². The average Bonchev–Trinajstić information content (AvgIpc) is 2.76. The first-order valence-corrected chi connectivity index (χ1v) is 9.86. The van der Waals surface area contributed by atoms with Gasteiger partial charge in [0.1, 0.15) is 11.6 Å². The summed E-state index contributed by atoms with van der Waals surface area (Å²) in [4.78, 5) is 18.1. The van der Waals surface area contributed by atoms with Crippen LogP contribution in [0.25, 0.3) is 0 Å². The van der Waals surface area contributed by atoms with E-state index in [9.17, 15) is 31.1 Å². The number of carbonyl (C=O) groups excluding carboxylic acids is 1. The highest BCUT2D eigenvalue weighted by molar-refractivity contribution is 5.79. The van der Waals surface area contributed by atoms with Gasteiger partial charge in [-0.05, 0) is 42.7 Å². The number of carbonyl (C=O) groups is 1. The minimum absolute atomic E-state index is 0.0849. The van der Waals surface area contributed by atoms with Crippen LogP contribution in [0.4, 0.5) is 32.2 Å². The fourth-order valence-corrected chi connectivity index (χ4v) is 3.31. The number of nitrogens with one attached hydrogen (secondary N) is 1. The number of nitrogens with zero attached hydrogens (tertiary/aromatic N) is 2. The number of piperidine rings is 1. The maximum Gasteiger partial charge on any atom is 0.422 e. The fourth-order valence-electron chi connectivity index (χ4n) is 3.31. The van der Waals surface area contributed by atoms with Gasteiger partial charge in [-0.1, -0.05) is 12.1 Å². The summed E-state index contributed by atoms with van der Waals surface area (Å²) in [7, 11) is 0. The molecule has 0 unspecified atom stereocenters. The van der Waals surface area contributed by atoms with E-state index < -0.39 is 24.5 Å². The van der Waals surface area contributed by atoms with Crippen molar-refractivity contribution in [3.8, 4) is 5.75 Å². The van der Waals surface area contributed by atoms with E-state index in [4.69, 9.17) is 0 Å². The largest absolute Gasteiger partial charge is 0.484 e. The highest BCUT2D eigenvalue weighted by atomic mass is 19.4. The molecule has 5 nitrogen and oxygen atoms in total. The van der Waals surface area contributed by atoms with Crippen molar-refractivity contribution in [3.63, 3.8) is 0 Å². The zero-order valence-electron chi connectivity index (χ0n) is 16.8. The Hall–Kier alpha value is -2.98. The van der Waals surface area contributed by atoms with Gasteiger partial charge in [-0.2, -0.15) is 26.3 Å². The number of aromatic nitrogens is 1. The van der Waals surface area contributed by atoms with Crippen molar-refractivity contribution in [1.29, 1.82) is 0 Å². The second-order valence-corrected chi connectivity index (χ2v) is 7.43. The monoisotopic (exact) mass is 461 g/mol. The van der Waals surface area contributed by atoms with Crippen LogP contribution >= 0.6 is 0 Å². The lowest BCUT2D eigenvalue weighted by atomic mass is 9.95. The maximum absolute atomic E-state index is 12.6. The highest BCUT2D eigenvalue weighted by Crippen LogP contribution is 2.30. The van der Waals surface area contributed by atoms with Gasteiger partial charge in [-0.3, -0.25) is 4.79 Å². The number of anilines is 1. The number of benzene rings is 1. The first kappa shape index (κ1) is 23.7. The molecule has 0 spiro atoms. The van der Waals surface area contributed by atoms with Gasteiger partial charge in [-0.25, -0.2) is 4.98 Å². The van der Waals surface area contributed by atoms with Crippen LogP contribution in [0, 0.1) is 5.92 Å². The average molecular weight is 461 g/mol. The van der Waals surface area contributed by atoms with Crippen LogP contribution in [0.1, 0.15) is 24.0 Å². The van der Waals surface area contributed by atoms with E-state index in [1.807, 2.05) is 4.90 Å². The van der Waals surface area contributed by atoms with Crippen LogP contribution in [0.15, 0.2) is 42.6 Å². The molecule has 0 saturated carbocycles. The lowest BCUT2D eigenvalue weighted by Crippen LogP contribution is -2.40. The molecule has 1 saturated heterocycles. The number of alkyl halides is 6. The molecule has 2 heterocycles. The molecule has 1 aromatic heterocycles. The third-order valence-electron chi connectivity index (χ3n) is 5.06. The Balaban J connectivity index is 1.43. The molecule has 1 N–H and O–H groups in total. The maximum atomic E-state index is 12.6. The van der Waals surface area contributed by atoms with Gasteiger partial charge in [0.15, 0.2) is 6.61 Å². The highest BCUT2D eigenvalue weighted by Gasteiger charge is 2.31. The summed E-state index contributed by atoms with van der Waals surface area (Å²) in [5.41, 5.74) is -0.0976. The normalized spacial score (nSPS) is 15.5. The van der Waals surface area contributed by atoms with Crippen LogP contribution in [-0.4, -0.2) is 36.8 Å². The number of hydrogen-bond donors (Lipinski definition) is 1. The van der Waals surface area contributed by atoms with Crippen LogP contribution < -0.4 is 15.0 Å². The van der Waals surface area contributed by atoms with Gasteiger partial charge in [0, 0.05) is 31.7 Å². The SMILES string of the molecule is O=C(NCc1ccc(OCC(F)(F)F)cc1)C1CCN(c2ccc(C(F)(F)F)cn2)CC1. The number of hydrogen-bond acceptors (Lipinski definition) is 4. The van der Waals surface area contributed by atoms with Crippen molar-refractivity contribution in [2.45, 2.75) is 31.7 Å². The van der Waals surface area contributed by atoms with Gasteiger partial charge in [0.05, 0.1) is 5.56 Å². The van der Waals surface area contributed by atoms with Gasteiger partial charge < -0.3 is 15.0 Å². The van der Waals surface area contributed by atoms with Crippen LogP contribution in [0.2, 0.25) is 0 Å². The Morgan fingerprint density at radius 1 is 1.03 bits per heavy atom. The number of halogens is 6. The van der Waals surface area contributed by atoms with Crippen LogP contribution in [0.3, 0.4) is 0 Å². The van der Waals surface area contributed by atoms with E-state index in [0.717, 1.165) is 12.3 Å². The minimum Gasteiger partial charge on any atom is -0.484 e. The number of ether oxygens (including phenoxy) is 1.